The Morgan fingerprint density at radius 2 is 1.89 bits per heavy atom. The number of ether oxygens (including phenoxy) is 2. The fraction of sp³-hybridized carbons (Fsp3) is 1.00. The molecule has 1 aliphatic rings. The molecule has 0 aromatic heterocycles. The molecule has 1 aliphatic carbocycles. The van der Waals surface area contributed by atoms with Crippen LogP contribution in [-0.2, 0) is 9.47 Å². The maximum Gasteiger partial charge on any atom is 0.0771 e. The molecule has 108 valence electrons. The molecule has 0 amide bonds. The van der Waals surface area contributed by atoms with Gasteiger partial charge in [0.05, 0.1) is 17.8 Å². The Bertz CT molecular complexity index is 233. The molecule has 0 aromatic rings. The lowest BCUT2D eigenvalue weighted by Crippen LogP contribution is -2.40. The molecule has 0 spiro atoms. The van der Waals surface area contributed by atoms with Crippen molar-refractivity contribution in [3.63, 3.8) is 0 Å². The van der Waals surface area contributed by atoms with Crippen molar-refractivity contribution in [2.75, 3.05) is 18.1 Å². The van der Waals surface area contributed by atoms with Crippen LogP contribution in [0.25, 0.3) is 0 Å². The first-order valence-corrected chi connectivity index (χ1v) is 8.74. The van der Waals surface area contributed by atoms with Gasteiger partial charge in [0.25, 0.3) is 0 Å². The number of rotatable bonds is 7. The van der Waals surface area contributed by atoms with Gasteiger partial charge in [-0.05, 0) is 51.9 Å². The van der Waals surface area contributed by atoms with Gasteiger partial charge in [-0.3, -0.25) is 0 Å². The van der Waals surface area contributed by atoms with Crippen LogP contribution in [0, 0.1) is 5.92 Å². The zero-order valence-corrected chi connectivity index (χ0v) is 14.6. The summed E-state index contributed by atoms with van der Waals surface area (Å²) in [5.74, 6) is 0.931. The van der Waals surface area contributed by atoms with E-state index >= 15 is 0 Å². The molecule has 0 saturated heterocycles. The van der Waals surface area contributed by atoms with Gasteiger partial charge in [-0.15, -0.1) is 0 Å². The van der Waals surface area contributed by atoms with E-state index in [1.807, 2.05) is 0 Å². The fourth-order valence-electron chi connectivity index (χ4n) is 2.54. The molecule has 1 fully saturated rings. The van der Waals surface area contributed by atoms with Crippen LogP contribution in [-0.4, -0.2) is 29.3 Å². The van der Waals surface area contributed by atoms with E-state index in [1.165, 1.54) is 32.1 Å². The average Bonchev–Trinajstić information content (AvgIpc) is 2.39. The number of methoxy groups -OCH3 is 1. The molecular formula is C15H29IO2. The summed E-state index contributed by atoms with van der Waals surface area (Å²) in [6.07, 6.45) is 7.46. The van der Waals surface area contributed by atoms with Crippen molar-refractivity contribution >= 4 is 22.6 Å². The normalized spacial score (nSPS) is 29.5. The molecule has 18 heavy (non-hydrogen) atoms. The number of hydrogen-bond donors (Lipinski definition) is 0. The molecule has 0 radical (unpaired) electrons. The first-order valence-electron chi connectivity index (χ1n) is 7.22. The molecule has 3 heteroatoms. The van der Waals surface area contributed by atoms with Crippen LogP contribution in [0.15, 0.2) is 0 Å². The monoisotopic (exact) mass is 368 g/mol. The van der Waals surface area contributed by atoms with E-state index in [9.17, 15) is 0 Å². The predicted octanol–water partition coefficient (Wildman–Crippen LogP) is 4.59. The summed E-state index contributed by atoms with van der Waals surface area (Å²) >= 11 is 2.49. The standard InChI is InChI=1S/C15H29IO2/c1-5-13-6-8-15(12-16,9-7-13)18-11-10-14(2,3)17-4/h13H,5-12H2,1-4H3. The van der Waals surface area contributed by atoms with Crippen molar-refractivity contribution in [2.24, 2.45) is 5.92 Å². The van der Waals surface area contributed by atoms with Crippen molar-refractivity contribution in [3.8, 4) is 0 Å². The summed E-state index contributed by atoms with van der Waals surface area (Å²) in [7, 11) is 1.78. The molecule has 0 bridgehead atoms. The van der Waals surface area contributed by atoms with Gasteiger partial charge < -0.3 is 9.47 Å². The molecule has 0 heterocycles. The van der Waals surface area contributed by atoms with E-state index in [1.54, 1.807) is 7.11 Å². The lowest BCUT2D eigenvalue weighted by Gasteiger charge is -2.39. The van der Waals surface area contributed by atoms with Crippen molar-refractivity contribution in [3.05, 3.63) is 0 Å². The SMILES string of the molecule is CCC1CCC(CI)(OCCC(C)(C)OC)CC1. The van der Waals surface area contributed by atoms with E-state index in [0.29, 0.717) is 0 Å². The number of alkyl halides is 1. The van der Waals surface area contributed by atoms with Gasteiger partial charge in [0.1, 0.15) is 0 Å². The maximum absolute atomic E-state index is 6.26. The maximum atomic E-state index is 6.26. The molecule has 0 N–H and O–H groups in total. The van der Waals surface area contributed by atoms with Crippen LogP contribution in [0.1, 0.15) is 59.3 Å². The van der Waals surface area contributed by atoms with Crippen molar-refractivity contribution in [1.82, 2.24) is 0 Å². The van der Waals surface area contributed by atoms with Gasteiger partial charge in [0.2, 0.25) is 0 Å². The highest BCUT2D eigenvalue weighted by atomic mass is 127. The molecule has 0 aliphatic heterocycles. The zero-order chi connectivity index (χ0) is 13.6. The van der Waals surface area contributed by atoms with Crippen LogP contribution in [0.2, 0.25) is 0 Å². The first-order chi connectivity index (χ1) is 8.47. The van der Waals surface area contributed by atoms with Crippen LogP contribution in [0.5, 0.6) is 0 Å². The van der Waals surface area contributed by atoms with Gasteiger partial charge >= 0.3 is 0 Å². The highest BCUT2D eigenvalue weighted by Crippen LogP contribution is 2.37. The van der Waals surface area contributed by atoms with Crippen LogP contribution in [0.4, 0.5) is 0 Å². The summed E-state index contributed by atoms with van der Waals surface area (Å²) in [6, 6.07) is 0. The Labute approximate surface area is 126 Å². The summed E-state index contributed by atoms with van der Waals surface area (Å²) in [5, 5.41) is 0. The first kappa shape index (κ1) is 16.7. The highest BCUT2D eigenvalue weighted by Gasteiger charge is 2.35. The smallest absolute Gasteiger partial charge is 0.0771 e. The summed E-state index contributed by atoms with van der Waals surface area (Å²) < 4.78 is 12.8. The lowest BCUT2D eigenvalue weighted by atomic mass is 9.78. The van der Waals surface area contributed by atoms with Gasteiger partial charge in [-0.25, -0.2) is 0 Å². The van der Waals surface area contributed by atoms with Crippen molar-refractivity contribution < 1.29 is 9.47 Å². The van der Waals surface area contributed by atoms with Gasteiger partial charge in [0, 0.05) is 11.5 Å². The Balaban J connectivity index is 2.38. The van der Waals surface area contributed by atoms with E-state index in [-0.39, 0.29) is 11.2 Å². The molecule has 2 nitrogen and oxygen atoms in total. The van der Waals surface area contributed by atoms with E-state index < -0.39 is 0 Å². The lowest BCUT2D eigenvalue weighted by molar-refractivity contribution is -0.0833. The quantitative estimate of drug-likeness (QED) is 0.483. The fourth-order valence-corrected chi connectivity index (χ4v) is 3.53. The van der Waals surface area contributed by atoms with E-state index in [2.05, 4.69) is 43.4 Å². The van der Waals surface area contributed by atoms with E-state index in [4.69, 9.17) is 9.47 Å². The second kappa shape index (κ2) is 7.44. The zero-order valence-electron chi connectivity index (χ0n) is 12.4. The largest absolute Gasteiger partial charge is 0.379 e. The summed E-state index contributed by atoms with van der Waals surface area (Å²) in [5.41, 5.74) is 0.0864. The van der Waals surface area contributed by atoms with Crippen LogP contribution >= 0.6 is 22.6 Å². The summed E-state index contributed by atoms with van der Waals surface area (Å²) in [6.45, 7) is 7.38. The molecule has 1 saturated carbocycles. The Kier molecular flexibility index (Phi) is 6.90. The van der Waals surface area contributed by atoms with Crippen molar-refractivity contribution in [2.45, 2.75) is 70.5 Å². The average molecular weight is 368 g/mol. The van der Waals surface area contributed by atoms with Gasteiger partial charge in [0.15, 0.2) is 0 Å². The molecule has 0 atom stereocenters. The Morgan fingerprint density at radius 1 is 1.28 bits per heavy atom. The molecule has 0 unspecified atom stereocenters. The predicted molar refractivity (Wildman–Crippen MR) is 85.5 cm³/mol. The minimum atomic E-state index is -0.0624. The third kappa shape index (κ3) is 4.97. The summed E-state index contributed by atoms with van der Waals surface area (Å²) in [4.78, 5) is 0. The second-order valence-electron chi connectivity index (χ2n) is 6.23. The number of halogens is 1. The molecule has 0 aromatic carbocycles. The molecular weight excluding hydrogens is 339 g/mol. The second-order valence-corrected chi connectivity index (χ2v) is 6.99. The third-order valence-corrected chi connectivity index (χ3v) is 5.89. The minimum absolute atomic E-state index is 0.0624. The minimum Gasteiger partial charge on any atom is -0.379 e. The number of hydrogen-bond acceptors (Lipinski definition) is 2. The molecule has 1 rings (SSSR count). The van der Waals surface area contributed by atoms with Gasteiger partial charge in [-0.2, -0.15) is 0 Å². The van der Waals surface area contributed by atoms with Crippen molar-refractivity contribution in [1.29, 1.82) is 0 Å². The van der Waals surface area contributed by atoms with Gasteiger partial charge in [-0.1, -0.05) is 35.9 Å². The Hall–Kier alpha value is 0.650. The van der Waals surface area contributed by atoms with Crippen LogP contribution in [0.3, 0.4) is 0 Å². The third-order valence-electron chi connectivity index (χ3n) is 4.50. The topological polar surface area (TPSA) is 18.5 Å². The highest BCUT2D eigenvalue weighted by molar-refractivity contribution is 14.1. The Morgan fingerprint density at radius 3 is 2.33 bits per heavy atom. The van der Waals surface area contributed by atoms with Crippen LogP contribution < -0.4 is 0 Å². The van der Waals surface area contributed by atoms with E-state index in [0.717, 1.165) is 23.4 Å².